The average molecular weight is 467 g/mol. The van der Waals surface area contributed by atoms with Crippen LogP contribution in [0.2, 0.25) is 0 Å². The van der Waals surface area contributed by atoms with Gasteiger partial charge in [-0.1, -0.05) is 0 Å². The van der Waals surface area contributed by atoms with Crippen LogP contribution in [0.4, 0.5) is 0 Å². The molecule has 5 heterocycles. The van der Waals surface area contributed by atoms with Crippen molar-refractivity contribution in [2.24, 2.45) is 20.0 Å². The third-order valence-corrected chi connectivity index (χ3v) is 3.84. The van der Waals surface area contributed by atoms with Crippen molar-refractivity contribution in [1.82, 2.24) is 0 Å². The summed E-state index contributed by atoms with van der Waals surface area (Å²) in [4.78, 5) is 18.2. The van der Waals surface area contributed by atoms with Gasteiger partial charge in [0.05, 0.1) is 47.0 Å². The maximum atomic E-state index is 8.11. The van der Waals surface area contributed by atoms with E-state index in [4.69, 9.17) is 1.37 Å². The van der Waals surface area contributed by atoms with Crippen molar-refractivity contribution < 1.29 is 41.3 Å². The fourth-order valence-corrected chi connectivity index (χ4v) is 2.76. The SMILES string of the molecule is [2H]C1=CC2=CC3=NC(=CC4=NC(=CC5=NC(=CC1=N2)C=C5)C=C4)C=C3.[Gd]. The number of fused-ring (bicyclic) bond motifs is 4. The molecule has 5 heteroatoms. The third-order valence-electron chi connectivity index (χ3n) is 3.84. The third kappa shape index (κ3) is 3.49. The summed E-state index contributed by atoms with van der Waals surface area (Å²) in [5, 5.41) is 0. The molecule has 0 amide bonds. The van der Waals surface area contributed by atoms with E-state index in [0.29, 0.717) is 11.8 Å². The summed E-state index contributed by atoms with van der Waals surface area (Å²) >= 11 is 0. The van der Waals surface area contributed by atoms with Gasteiger partial charge in [0.2, 0.25) is 0 Å². The molecule has 25 heavy (non-hydrogen) atoms. The van der Waals surface area contributed by atoms with E-state index in [1.54, 1.807) is 6.08 Å². The molecule has 5 aliphatic rings. The second kappa shape index (κ2) is 6.67. The largest absolute Gasteiger partial charge is 0.249 e. The van der Waals surface area contributed by atoms with E-state index in [1.165, 1.54) is 0 Å². The van der Waals surface area contributed by atoms with E-state index >= 15 is 0 Å². The molecule has 0 saturated heterocycles. The molecular formula is C20H12GdN4. The Hall–Kier alpha value is -2.08. The second-order valence-corrected chi connectivity index (χ2v) is 5.67. The maximum Gasteiger partial charge on any atom is 0.0659 e. The van der Waals surface area contributed by atoms with E-state index in [-0.39, 0.29) is 39.9 Å². The van der Waals surface area contributed by atoms with E-state index in [1.807, 2.05) is 60.8 Å². The molecule has 0 aromatic carbocycles. The first kappa shape index (κ1) is 15.2. The van der Waals surface area contributed by atoms with Gasteiger partial charge in [0.25, 0.3) is 0 Å². The van der Waals surface area contributed by atoms with Gasteiger partial charge in [-0.2, -0.15) is 0 Å². The smallest absolute Gasteiger partial charge is 0.0659 e. The summed E-state index contributed by atoms with van der Waals surface area (Å²) in [7, 11) is 0. The van der Waals surface area contributed by atoms with Crippen LogP contribution in [-0.4, -0.2) is 22.8 Å². The zero-order chi connectivity index (χ0) is 16.8. The van der Waals surface area contributed by atoms with Gasteiger partial charge >= 0.3 is 0 Å². The summed E-state index contributed by atoms with van der Waals surface area (Å²) in [6.45, 7) is 0. The Morgan fingerprint density at radius 1 is 0.480 bits per heavy atom. The molecule has 5 aliphatic heterocycles. The van der Waals surface area contributed by atoms with Crippen molar-refractivity contribution in [3.05, 3.63) is 95.7 Å². The Kier molecular flexibility index (Phi) is 4.06. The minimum atomic E-state index is 0. The summed E-state index contributed by atoms with van der Waals surface area (Å²) in [5.74, 6) is 0. The molecule has 0 atom stereocenters. The molecule has 5 rings (SSSR count). The Bertz CT molecular complexity index is 1080. The normalized spacial score (nSPS) is 22.7. The van der Waals surface area contributed by atoms with Crippen molar-refractivity contribution >= 4 is 22.8 Å². The Labute approximate surface area is 178 Å². The first-order chi connectivity index (χ1) is 12.2. The molecule has 0 saturated carbocycles. The Morgan fingerprint density at radius 3 is 1.32 bits per heavy atom. The van der Waals surface area contributed by atoms with E-state index in [9.17, 15) is 0 Å². The minimum Gasteiger partial charge on any atom is -0.249 e. The van der Waals surface area contributed by atoms with Crippen LogP contribution in [0.5, 0.6) is 0 Å². The van der Waals surface area contributed by atoms with Crippen molar-refractivity contribution in [2.45, 2.75) is 0 Å². The van der Waals surface area contributed by atoms with Crippen molar-refractivity contribution in [1.29, 1.82) is 0 Å². The van der Waals surface area contributed by atoms with Gasteiger partial charge in [-0.25, -0.2) is 20.0 Å². The summed E-state index contributed by atoms with van der Waals surface area (Å²) in [5.41, 5.74) is 6.33. The number of aliphatic imine (C=N–C) groups is 4. The van der Waals surface area contributed by atoms with Crippen LogP contribution in [-0.2, 0) is 0 Å². The van der Waals surface area contributed by atoms with Crippen LogP contribution in [0.1, 0.15) is 1.37 Å². The first-order valence-corrected chi connectivity index (χ1v) is 7.66. The van der Waals surface area contributed by atoms with Crippen LogP contribution in [0.25, 0.3) is 0 Å². The molecule has 0 fully saturated rings. The molecule has 0 radical (unpaired) electrons. The van der Waals surface area contributed by atoms with Gasteiger partial charge in [0.1, 0.15) is 0 Å². The molecule has 0 aliphatic carbocycles. The molecule has 4 nitrogen and oxygen atoms in total. The number of hydrogen-bond acceptors (Lipinski definition) is 4. The van der Waals surface area contributed by atoms with E-state index in [0.717, 1.165) is 39.9 Å². The van der Waals surface area contributed by atoms with Gasteiger partial charge in [0.15, 0.2) is 0 Å². The van der Waals surface area contributed by atoms with Crippen molar-refractivity contribution in [3.63, 3.8) is 0 Å². The van der Waals surface area contributed by atoms with Gasteiger partial charge in [-0.15, -0.1) is 0 Å². The van der Waals surface area contributed by atoms with Crippen LogP contribution in [0.3, 0.4) is 0 Å². The van der Waals surface area contributed by atoms with Gasteiger partial charge in [-0.05, 0) is 72.9 Å². The summed E-state index contributed by atoms with van der Waals surface area (Å²) in [6, 6.07) is 0.379. The van der Waals surface area contributed by atoms with Gasteiger partial charge in [-0.3, -0.25) is 0 Å². The predicted molar refractivity (Wildman–Crippen MR) is 98.6 cm³/mol. The molecule has 120 valence electrons. The molecule has 8 bridgehead atoms. The van der Waals surface area contributed by atoms with Crippen LogP contribution >= 0.6 is 0 Å². The zero-order valence-electron chi connectivity index (χ0n) is 14.0. The standard InChI is InChI=1S/C20H12N4.Gd/c1-2-14-10-16-5-6-18(23-16)12-20-8-7-19(24-20)11-17-4-3-15(22-17)9-13(1)21-14;/h1-12H;/i1D;. The van der Waals surface area contributed by atoms with E-state index in [2.05, 4.69) is 20.0 Å². The summed E-state index contributed by atoms with van der Waals surface area (Å²) in [6.07, 6.45) is 21.0. The molecule has 0 aromatic heterocycles. The quantitative estimate of drug-likeness (QED) is 0.524. The summed E-state index contributed by atoms with van der Waals surface area (Å²) < 4.78 is 8.11. The number of rotatable bonds is 0. The minimum absolute atomic E-state index is 0. The number of hydrogen-bond donors (Lipinski definition) is 0. The second-order valence-electron chi connectivity index (χ2n) is 5.67. The maximum absolute atomic E-state index is 8.11. The van der Waals surface area contributed by atoms with E-state index < -0.39 is 0 Å². The first-order valence-electron chi connectivity index (χ1n) is 8.16. The molecular weight excluding hydrogens is 453 g/mol. The molecule has 0 spiro atoms. The van der Waals surface area contributed by atoms with Gasteiger partial charge in [0, 0.05) is 39.9 Å². The topological polar surface area (TPSA) is 49.4 Å². The fraction of sp³-hybridized carbons (Fsp3) is 0. The Morgan fingerprint density at radius 2 is 0.840 bits per heavy atom. The zero-order valence-corrected chi connectivity index (χ0v) is 15.3. The van der Waals surface area contributed by atoms with Crippen LogP contribution in [0, 0.1) is 39.9 Å². The molecule has 0 unspecified atom stereocenters. The van der Waals surface area contributed by atoms with Crippen molar-refractivity contribution in [2.75, 3.05) is 0 Å². The monoisotopic (exact) mass is 467 g/mol. The fourth-order valence-electron chi connectivity index (χ4n) is 2.76. The predicted octanol–water partition coefficient (Wildman–Crippen LogP) is 3.58. The van der Waals surface area contributed by atoms with Gasteiger partial charge < -0.3 is 0 Å². The van der Waals surface area contributed by atoms with Crippen LogP contribution in [0.15, 0.2) is 116 Å². The molecule has 0 aromatic rings. The number of allylic oxidation sites excluding steroid dienone is 12. The van der Waals surface area contributed by atoms with Crippen molar-refractivity contribution in [3.8, 4) is 0 Å². The molecule has 0 N–H and O–H groups in total. The Balaban J connectivity index is 0.00000168. The van der Waals surface area contributed by atoms with Crippen LogP contribution < -0.4 is 0 Å². The average Bonchev–Trinajstić information content (AvgIpc) is 3.33. The number of nitrogens with zero attached hydrogens (tertiary/aromatic N) is 4.